The highest BCUT2D eigenvalue weighted by atomic mass is 16.6. The van der Waals surface area contributed by atoms with Gasteiger partial charge < -0.3 is 19.4 Å². The molecule has 2 saturated heterocycles. The Labute approximate surface area is 206 Å². The number of fused-ring (bicyclic) bond motifs is 1. The minimum absolute atomic E-state index is 0.0373. The van der Waals surface area contributed by atoms with Crippen LogP contribution in [0.5, 0.6) is 11.5 Å². The quantitative estimate of drug-likeness (QED) is 0.445. The van der Waals surface area contributed by atoms with Crippen molar-refractivity contribution in [1.82, 2.24) is 24.8 Å². The molecule has 4 heterocycles. The number of imidazole rings is 1. The van der Waals surface area contributed by atoms with Crippen molar-refractivity contribution in [1.29, 1.82) is 0 Å². The van der Waals surface area contributed by atoms with Crippen molar-refractivity contribution in [3.63, 3.8) is 0 Å². The molecule has 2 aliphatic rings. The van der Waals surface area contributed by atoms with E-state index in [1.807, 2.05) is 41.3 Å². The van der Waals surface area contributed by atoms with E-state index in [1.54, 1.807) is 30.4 Å². The van der Waals surface area contributed by atoms with Gasteiger partial charge in [0.2, 0.25) is 5.91 Å². The van der Waals surface area contributed by atoms with Crippen LogP contribution in [-0.4, -0.2) is 56.5 Å². The lowest BCUT2D eigenvalue weighted by Crippen LogP contribution is -2.28. The van der Waals surface area contributed by atoms with Crippen LogP contribution in [-0.2, 0) is 9.53 Å². The Bertz CT molecular complexity index is 1440. The maximum Gasteiger partial charge on any atom is 0.414 e. The fourth-order valence-electron chi connectivity index (χ4n) is 4.86. The predicted molar refractivity (Wildman–Crippen MR) is 132 cm³/mol. The molecule has 2 aliphatic heterocycles. The van der Waals surface area contributed by atoms with E-state index in [4.69, 9.17) is 14.5 Å². The zero-order valence-electron chi connectivity index (χ0n) is 19.7. The number of carbonyl (C=O) groups excluding carboxylic acids is 2. The Balaban J connectivity index is 1.38. The molecule has 2 amide bonds. The molecule has 4 aromatic rings. The van der Waals surface area contributed by atoms with Crippen molar-refractivity contribution < 1.29 is 19.1 Å². The summed E-state index contributed by atoms with van der Waals surface area (Å²) in [5, 5.41) is 0. The number of nitrogens with zero attached hydrogens (tertiary/aromatic N) is 5. The van der Waals surface area contributed by atoms with Gasteiger partial charge in [0.15, 0.2) is 5.82 Å². The third kappa shape index (κ3) is 4.00. The maximum atomic E-state index is 12.3. The van der Waals surface area contributed by atoms with Gasteiger partial charge in [-0.3, -0.25) is 14.7 Å². The lowest BCUT2D eigenvalue weighted by molar-refractivity contribution is -0.129. The third-order valence-corrected chi connectivity index (χ3v) is 6.57. The summed E-state index contributed by atoms with van der Waals surface area (Å²) in [7, 11) is 0. The van der Waals surface area contributed by atoms with Gasteiger partial charge in [-0.2, -0.15) is 0 Å². The van der Waals surface area contributed by atoms with Crippen molar-refractivity contribution in [2.45, 2.75) is 25.8 Å². The number of likely N-dealkylation sites (tertiary alicyclic amines) is 1. The van der Waals surface area contributed by atoms with Crippen LogP contribution in [0.3, 0.4) is 0 Å². The Hall–Kier alpha value is -4.47. The molecule has 0 bridgehead atoms. The molecule has 1 unspecified atom stereocenters. The SMILES string of the molecule is CC(=O)N1CCCC1c1cc2[nH]c(-c3cnccn3)nc2cc1Oc1ccc(N2CCOC2=O)cc1. The van der Waals surface area contributed by atoms with Crippen LogP contribution in [0.2, 0.25) is 0 Å². The van der Waals surface area contributed by atoms with Crippen LogP contribution < -0.4 is 9.64 Å². The first-order chi connectivity index (χ1) is 17.6. The van der Waals surface area contributed by atoms with Crippen LogP contribution in [0.1, 0.15) is 31.4 Å². The number of benzene rings is 2. The third-order valence-electron chi connectivity index (χ3n) is 6.57. The second kappa shape index (κ2) is 8.95. The van der Waals surface area contributed by atoms with Gasteiger partial charge in [-0.15, -0.1) is 0 Å². The highest BCUT2D eigenvalue weighted by Crippen LogP contribution is 2.41. The Kier molecular flexibility index (Phi) is 5.48. The predicted octanol–water partition coefficient (Wildman–Crippen LogP) is 4.45. The smallest absolute Gasteiger partial charge is 0.414 e. The van der Waals surface area contributed by atoms with Crippen molar-refractivity contribution in [2.75, 3.05) is 24.6 Å². The first-order valence-corrected chi connectivity index (χ1v) is 11.9. The minimum atomic E-state index is -0.348. The van der Waals surface area contributed by atoms with E-state index in [0.29, 0.717) is 42.7 Å². The zero-order chi connectivity index (χ0) is 24.6. The maximum absolute atomic E-state index is 12.3. The highest BCUT2D eigenvalue weighted by Gasteiger charge is 2.31. The van der Waals surface area contributed by atoms with Gasteiger partial charge in [0.25, 0.3) is 0 Å². The normalized spacial score (nSPS) is 17.6. The molecule has 2 fully saturated rings. The van der Waals surface area contributed by atoms with Crippen LogP contribution >= 0.6 is 0 Å². The van der Waals surface area contributed by atoms with Crippen molar-refractivity contribution >= 4 is 28.7 Å². The molecule has 6 rings (SSSR count). The summed E-state index contributed by atoms with van der Waals surface area (Å²) in [6.07, 6.45) is 6.32. The number of amides is 2. The molecule has 36 heavy (non-hydrogen) atoms. The Morgan fingerprint density at radius 2 is 2.03 bits per heavy atom. The first-order valence-electron chi connectivity index (χ1n) is 11.9. The van der Waals surface area contributed by atoms with Crippen molar-refractivity contribution in [3.8, 4) is 23.0 Å². The van der Waals surface area contributed by atoms with Crippen LogP contribution in [0.25, 0.3) is 22.6 Å². The van der Waals surface area contributed by atoms with Crippen LogP contribution in [0.4, 0.5) is 10.5 Å². The van der Waals surface area contributed by atoms with E-state index in [0.717, 1.165) is 35.1 Å². The first kappa shape index (κ1) is 22.0. The summed E-state index contributed by atoms with van der Waals surface area (Å²) in [5.41, 5.74) is 3.85. The van der Waals surface area contributed by atoms with E-state index >= 15 is 0 Å². The molecule has 2 aromatic carbocycles. The summed E-state index contributed by atoms with van der Waals surface area (Å²) in [4.78, 5) is 44.2. The number of aromatic amines is 1. The minimum Gasteiger partial charge on any atom is -0.457 e. The summed E-state index contributed by atoms with van der Waals surface area (Å²) in [6, 6.07) is 11.1. The van der Waals surface area contributed by atoms with Crippen molar-refractivity contribution in [2.24, 2.45) is 0 Å². The molecular formula is C26H24N6O4. The van der Waals surface area contributed by atoms with E-state index < -0.39 is 0 Å². The van der Waals surface area contributed by atoms with E-state index in [-0.39, 0.29) is 18.0 Å². The topological polar surface area (TPSA) is 114 Å². The van der Waals surface area contributed by atoms with Crippen LogP contribution in [0, 0.1) is 0 Å². The molecule has 1 atom stereocenters. The second-order valence-electron chi connectivity index (χ2n) is 8.82. The molecule has 10 heteroatoms. The molecular weight excluding hydrogens is 460 g/mol. The number of H-pyrrole nitrogens is 1. The van der Waals surface area contributed by atoms with Gasteiger partial charge in [0.05, 0.1) is 29.8 Å². The van der Waals surface area contributed by atoms with Crippen molar-refractivity contribution in [3.05, 3.63) is 60.6 Å². The van der Waals surface area contributed by atoms with Gasteiger partial charge in [0.1, 0.15) is 23.8 Å². The largest absolute Gasteiger partial charge is 0.457 e. The van der Waals surface area contributed by atoms with E-state index in [1.165, 1.54) is 0 Å². The lowest BCUT2D eigenvalue weighted by Gasteiger charge is -2.25. The molecule has 1 N–H and O–H groups in total. The summed E-state index contributed by atoms with van der Waals surface area (Å²) in [5.74, 6) is 1.89. The van der Waals surface area contributed by atoms with E-state index in [9.17, 15) is 9.59 Å². The Morgan fingerprint density at radius 1 is 1.17 bits per heavy atom. The second-order valence-corrected chi connectivity index (χ2v) is 8.82. The van der Waals surface area contributed by atoms with Gasteiger partial charge >= 0.3 is 6.09 Å². The number of aromatic nitrogens is 4. The average molecular weight is 485 g/mol. The molecule has 0 aliphatic carbocycles. The van der Waals surface area contributed by atoms with Gasteiger partial charge in [-0.25, -0.2) is 14.8 Å². The lowest BCUT2D eigenvalue weighted by atomic mass is 10.0. The number of nitrogens with one attached hydrogen (secondary N) is 1. The fraction of sp³-hybridized carbons (Fsp3) is 0.269. The molecule has 0 radical (unpaired) electrons. The number of hydrogen-bond acceptors (Lipinski definition) is 7. The molecule has 0 spiro atoms. The van der Waals surface area contributed by atoms with Gasteiger partial charge in [-0.1, -0.05) is 0 Å². The Morgan fingerprint density at radius 3 is 2.75 bits per heavy atom. The number of anilines is 1. The molecule has 2 aromatic heterocycles. The number of hydrogen-bond donors (Lipinski definition) is 1. The standard InChI is InChI=1S/C26H24N6O4/c1-16(33)31-10-2-3-23(31)19-13-20-21(30-25(29-20)22-15-27-8-9-28-22)14-24(19)36-18-6-4-17(5-7-18)32-11-12-35-26(32)34/h4-9,13-15,23H,2-3,10-12H2,1H3,(H,29,30). The average Bonchev–Trinajstić information content (AvgIpc) is 3.64. The number of carbonyl (C=O) groups is 2. The number of rotatable bonds is 5. The van der Waals surface area contributed by atoms with Crippen LogP contribution in [0.15, 0.2) is 55.0 Å². The molecule has 10 nitrogen and oxygen atoms in total. The monoisotopic (exact) mass is 484 g/mol. The molecule has 182 valence electrons. The van der Waals surface area contributed by atoms with Gasteiger partial charge in [0, 0.05) is 43.2 Å². The number of cyclic esters (lactones) is 1. The summed E-state index contributed by atoms with van der Waals surface area (Å²) in [6.45, 7) is 3.22. The van der Waals surface area contributed by atoms with Gasteiger partial charge in [-0.05, 0) is 43.2 Å². The number of ether oxygens (including phenoxy) is 2. The van der Waals surface area contributed by atoms with E-state index in [2.05, 4.69) is 15.0 Å². The fourth-order valence-corrected chi connectivity index (χ4v) is 4.86. The molecule has 0 saturated carbocycles. The summed E-state index contributed by atoms with van der Waals surface area (Å²) >= 11 is 0. The summed E-state index contributed by atoms with van der Waals surface area (Å²) < 4.78 is 11.4. The highest BCUT2D eigenvalue weighted by molar-refractivity contribution is 5.89. The zero-order valence-corrected chi connectivity index (χ0v) is 19.7.